The molecule has 0 atom stereocenters. The number of hydrogen-bond acceptors (Lipinski definition) is 3. The van der Waals surface area contributed by atoms with Crippen LogP contribution in [0.15, 0.2) is 24.3 Å². The van der Waals surface area contributed by atoms with Gasteiger partial charge in [0.15, 0.2) is 0 Å². The van der Waals surface area contributed by atoms with Crippen LogP contribution in [0, 0.1) is 0 Å². The van der Waals surface area contributed by atoms with E-state index in [1.807, 2.05) is 50.2 Å². The maximum Gasteiger partial charge on any atom is 0.282 e. The van der Waals surface area contributed by atoms with Gasteiger partial charge in [0, 0.05) is 46.0 Å². The van der Waals surface area contributed by atoms with E-state index in [0.29, 0.717) is 26.2 Å². The van der Waals surface area contributed by atoms with E-state index in [1.54, 1.807) is 8.61 Å². The SMILES string of the molecule is CCN(Cc1ccc(N(C)C)cc1)S(=O)(=O)N1CCCCCC1. The highest BCUT2D eigenvalue weighted by molar-refractivity contribution is 7.86. The Balaban J connectivity index is 2.11. The fourth-order valence-electron chi connectivity index (χ4n) is 2.90. The van der Waals surface area contributed by atoms with Crippen molar-refractivity contribution in [1.29, 1.82) is 0 Å². The van der Waals surface area contributed by atoms with Crippen LogP contribution in [0.3, 0.4) is 0 Å². The molecule has 1 fully saturated rings. The van der Waals surface area contributed by atoms with Crippen LogP contribution in [0.5, 0.6) is 0 Å². The Kier molecular flexibility index (Phi) is 6.44. The van der Waals surface area contributed by atoms with E-state index in [0.717, 1.165) is 36.9 Å². The molecule has 1 saturated heterocycles. The smallest absolute Gasteiger partial charge is 0.282 e. The summed E-state index contributed by atoms with van der Waals surface area (Å²) in [4.78, 5) is 2.04. The first kappa shape index (κ1) is 18.2. The number of benzene rings is 1. The van der Waals surface area contributed by atoms with E-state index < -0.39 is 10.2 Å². The summed E-state index contributed by atoms with van der Waals surface area (Å²) in [5, 5.41) is 0. The zero-order valence-electron chi connectivity index (χ0n) is 14.5. The van der Waals surface area contributed by atoms with Gasteiger partial charge in [0.05, 0.1) is 0 Å². The van der Waals surface area contributed by atoms with E-state index in [-0.39, 0.29) is 0 Å². The molecule has 0 amide bonds. The second-order valence-corrected chi connectivity index (χ2v) is 8.24. The molecule has 0 aliphatic carbocycles. The van der Waals surface area contributed by atoms with Crippen molar-refractivity contribution in [2.24, 2.45) is 0 Å². The fraction of sp³-hybridized carbons (Fsp3) is 0.647. The first-order valence-electron chi connectivity index (χ1n) is 8.46. The third-order valence-corrected chi connectivity index (χ3v) is 6.44. The Morgan fingerprint density at radius 3 is 2.04 bits per heavy atom. The van der Waals surface area contributed by atoms with Gasteiger partial charge in [-0.2, -0.15) is 17.0 Å². The van der Waals surface area contributed by atoms with Crippen molar-refractivity contribution in [3.8, 4) is 0 Å². The molecule has 1 heterocycles. The van der Waals surface area contributed by atoms with Crippen LogP contribution in [0.25, 0.3) is 0 Å². The highest BCUT2D eigenvalue weighted by Gasteiger charge is 2.29. The minimum Gasteiger partial charge on any atom is -0.378 e. The van der Waals surface area contributed by atoms with Crippen molar-refractivity contribution in [1.82, 2.24) is 8.61 Å². The van der Waals surface area contributed by atoms with E-state index in [2.05, 4.69) is 0 Å². The molecule has 23 heavy (non-hydrogen) atoms. The molecule has 0 N–H and O–H groups in total. The second kappa shape index (κ2) is 8.13. The Morgan fingerprint density at radius 1 is 1.00 bits per heavy atom. The molecule has 0 bridgehead atoms. The van der Waals surface area contributed by atoms with Crippen molar-refractivity contribution in [3.63, 3.8) is 0 Å². The zero-order valence-corrected chi connectivity index (χ0v) is 15.3. The first-order chi connectivity index (χ1) is 10.9. The Bertz CT molecular complexity index is 576. The van der Waals surface area contributed by atoms with Gasteiger partial charge in [0.2, 0.25) is 0 Å². The van der Waals surface area contributed by atoms with Crippen molar-refractivity contribution in [3.05, 3.63) is 29.8 Å². The summed E-state index contributed by atoms with van der Waals surface area (Å²) in [6, 6.07) is 8.08. The third-order valence-electron chi connectivity index (χ3n) is 4.38. The van der Waals surface area contributed by atoms with Gasteiger partial charge in [-0.15, -0.1) is 0 Å². The molecule has 1 aliphatic heterocycles. The molecule has 0 saturated carbocycles. The normalized spacial score (nSPS) is 17.2. The standard InChI is InChI=1S/C17H29N3O2S/c1-4-19(15-16-9-11-17(12-10-16)18(2)3)23(21,22)20-13-7-5-6-8-14-20/h9-12H,4-8,13-15H2,1-3H3. The average Bonchev–Trinajstić information content (AvgIpc) is 2.82. The van der Waals surface area contributed by atoms with Gasteiger partial charge in [-0.05, 0) is 30.5 Å². The van der Waals surface area contributed by atoms with Crippen LogP contribution < -0.4 is 4.90 Å². The Morgan fingerprint density at radius 2 is 1.57 bits per heavy atom. The van der Waals surface area contributed by atoms with Gasteiger partial charge in [0.25, 0.3) is 10.2 Å². The summed E-state index contributed by atoms with van der Waals surface area (Å²) in [7, 11) is 0.628. The summed E-state index contributed by atoms with van der Waals surface area (Å²) in [6.07, 6.45) is 4.19. The van der Waals surface area contributed by atoms with Crippen LogP contribution in [0.2, 0.25) is 0 Å². The Labute approximate surface area is 141 Å². The number of rotatable bonds is 6. The van der Waals surface area contributed by atoms with Crippen LogP contribution in [0.1, 0.15) is 38.2 Å². The highest BCUT2D eigenvalue weighted by Crippen LogP contribution is 2.19. The van der Waals surface area contributed by atoms with Gasteiger partial charge in [-0.3, -0.25) is 0 Å². The predicted octanol–water partition coefficient (Wildman–Crippen LogP) is 2.70. The summed E-state index contributed by atoms with van der Waals surface area (Å²) >= 11 is 0. The molecule has 130 valence electrons. The zero-order chi connectivity index (χ0) is 16.9. The van der Waals surface area contributed by atoms with Crippen molar-refractivity contribution < 1.29 is 8.42 Å². The van der Waals surface area contributed by atoms with Gasteiger partial charge < -0.3 is 4.90 Å². The molecule has 1 aromatic carbocycles. The van der Waals surface area contributed by atoms with Crippen LogP contribution in [-0.4, -0.2) is 50.8 Å². The molecule has 5 nitrogen and oxygen atoms in total. The van der Waals surface area contributed by atoms with Crippen LogP contribution in [0.4, 0.5) is 5.69 Å². The predicted molar refractivity (Wildman–Crippen MR) is 95.8 cm³/mol. The first-order valence-corrected chi connectivity index (χ1v) is 9.86. The molecule has 2 rings (SSSR count). The van der Waals surface area contributed by atoms with Crippen molar-refractivity contribution >= 4 is 15.9 Å². The maximum atomic E-state index is 12.9. The van der Waals surface area contributed by atoms with E-state index in [9.17, 15) is 8.42 Å². The molecular weight excluding hydrogens is 310 g/mol. The van der Waals surface area contributed by atoms with Crippen molar-refractivity contribution in [2.75, 3.05) is 38.6 Å². The van der Waals surface area contributed by atoms with Gasteiger partial charge in [-0.25, -0.2) is 0 Å². The molecule has 1 aliphatic rings. The summed E-state index contributed by atoms with van der Waals surface area (Å²) in [6.45, 7) is 4.14. The molecule has 0 spiro atoms. The largest absolute Gasteiger partial charge is 0.378 e. The topological polar surface area (TPSA) is 43.9 Å². The molecule has 0 aromatic heterocycles. The molecule has 0 unspecified atom stereocenters. The quantitative estimate of drug-likeness (QED) is 0.800. The number of nitrogens with zero attached hydrogens (tertiary/aromatic N) is 3. The maximum absolute atomic E-state index is 12.9. The summed E-state index contributed by atoms with van der Waals surface area (Å²) < 4.78 is 29.0. The average molecular weight is 340 g/mol. The highest BCUT2D eigenvalue weighted by atomic mass is 32.2. The van der Waals surface area contributed by atoms with Crippen LogP contribution in [-0.2, 0) is 16.8 Å². The Hall–Kier alpha value is -1.11. The second-order valence-electron chi connectivity index (χ2n) is 6.31. The number of anilines is 1. The lowest BCUT2D eigenvalue weighted by molar-refractivity contribution is 0.343. The number of hydrogen-bond donors (Lipinski definition) is 0. The van der Waals surface area contributed by atoms with Gasteiger partial charge in [0.1, 0.15) is 0 Å². The summed E-state index contributed by atoms with van der Waals surface area (Å²) in [5.74, 6) is 0. The lowest BCUT2D eigenvalue weighted by Gasteiger charge is -2.28. The molecule has 1 aromatic rings. The van der Waals surface area contributed by atoms with E-state index >= 15 is 0 Å². The van der Waals surface area contributed by atoms with Gasteiger partial charge >= 0.3 is 0 Å². The lowest BCUT2D eigenvalue weighted by atomic mass is 10.2. The van der Waals surface area contributed by atoms with Crippen LogP contribution >= 0.6 is 0 Å². The minimum atomic E-state index is -3.37. The molecule has 6 heteroatoms. The van der Waals surface area contributed by atoms with E-state index in [1.165, 1.54) is 0 Å². The van der Waals surface area contributed by atoms with Gasteiger partial charge in [-0.1, -0.05) is 31.9 Å². The lowest BCUT2D eigenvalue weighted by Crippen LogP contribution is -2.43. The molecule has 0 radical (unpaired) electrons. The third kappa shape index (κ3) is 4.68. The van der Waals surface area contributed by atoms with Crippen molar-refractivity contribution in [2.45, 2.75) is 39.2 Å². The minimum absolute atomic E-state index is 0.434. The van der Waals surface area contributed by atoms with E-state index in [4.69, 9.17) is 0 Å². The molecular formula is C17H29N3O2S. The summed E-state index contributed by atoms with van der Waals surface area (Å²) in [5.41, 5.74) is 2.14. The fourth-order valence-corrected chi connectivity index (χ4v) is 4.58. The monoisotopic (exact) mass is 339 g/mol.